The molecule has 2 heteroatoms. The second-order valence-electron chi connectivity index (χ2n) is 2.61. The van der Waals surface area contributed by atoms with Crippen molar-refractivity contribution in [2.75, 3.05) is 13.1 Å². The number of carbonyl (C=O) groups excluding carboxylic acids is 1. The lowest BCUT2D eigenvalue weighted by atomic mass is 10.3. The molecule has 0 N–H and O–H groups in total. The molecule has 0 bridgehead atoms. The first kappa shape index (κ1) is 11.0. The standard InChI is InChI=1S/C10H17NO/c1-3-5-6-7-9-11(10-12)8-4-2/h4,6-7,10H,2-3,5,8-9H2,1H3/b7-6+. The van der Waals surface area contributed by atoms with Gasteiger partial charge in [-0.2, -0.15) is 0 Å². The summed E-state index contributed by atoms with van der Waals surface area (Å²) in [4.78, 5) is 12.1. The average Bonchev–Trinajstić information content (AvgIpc) is 2.10. The number of rotatable bonds is 7. The summed E-state index contributed by atoms with van der Waals surface area (Å²) < 4.78 is 0. The van der Waals surface area contributed by atoms with Gasteiger partial charge in [0.2, 0.25) is 6.41 Å². The molecule has 68 valence electrons. The van der Waals surface area contributed by atoms with Crippen molar-refractivity contribution in [2.24, 2.45) is 0 Å². The van der Waals surface area contributed by atoms with Gasteiger partial charge in [0.05, 0.1) is 0 Å². The Hall–Kier alpha value is -1.05. The topological polar surface area (TPSA) is 20.3 Å². The minimum absolute atomic E-state index is 0.625. The Balaban J connectivity index is 3.56. The lowest BCUT2D eigenvalue weighted by molar-refractivity contribution is -0.117. The third kappa shape index (κ3) is 5.71. The molecule has 12 heavy (non-hydrogen) atoms. The molecule has 2 nitrogen and oxygen atoms in total. The van der Waals surface area contributed by atoms with Crippen LogP contribution in [0.1, 0.15) is 19.8 Å². The van der Waals surface area contributed by atoms with Gasteiger partial charge in [0.25, 0.3) is 0 Å². The predicted octanol–water partition coefficient (Wildman–Crippen LogP) is 1.99. The van der Waals surface area contributed by atoms with E-state index in [-0.39, 0.29) is 0 Å². The Morgan fingerprint density at radius 1 is 1.33 bits per heavy atom. The lowest BCUT2D eigenvalue weighted by Gasteiger charge is -2.11. The summed E-state index contributed by atoms with van der Waals surface area (Å²) in [5, 5.41) is 0. The SMILES string of the molecule is C=CCN(C=O)C/C=C/CCC. The zero-order valence-electron chi connectivity index (χ0n) is 7.70. The van der Waals surface area contributed by atoms with Crippen molar-refractivity contribution in [3.05, 3.63) is 24.8 Å². The van der Waals surface area contributed by atoms with E-state index in [1.165, 1.54) is 0 Å². The number of unbranched alkanes of at least 4 members (excludes halogenated alkanes) is 1. The van der Waals surface area contributed by atoms with Crippen LogP contribution in [0.15, 0.2) is 24.8 Å². The van der Waals surface area contributed by atoms with Gasteiger partial charge < -0.3 is 4.90 Å². The average molecular weight is 167 g/mol. The Labute approximate surface area is 74.6 Å². The highest BCUT2D eigenvalue weighted by Crippen LogP contribution is 1.90. The molecule has 0 aliphatic rings. The molecule has 0 aliphatic carbocycles. The molecule has 0 unspecified atom stereocenters. The van der Waals surface area contributed by atoms with E-state index < -0.39 is 0 Å². The second kappa shape index (κ2) is 8.05. The molecule has 0 aromatic heterocycles. The Kier molecular flexibility index (Phi) is 7.35. The molecule has 0 atom stereocenters. The van der Waals surface area contributed by atoms with Gasteiger partial charge in [0.15, 0.2) is 0 Å². The summed E-state index contributed by atoms with van der Waals surface area (Å²) in [5.74, 6) is 0. The third-order valence-electron chi connectivity index (χ3n) is 1.47. The van der Waals surface area contributed by atoms with Crippen LogP contribution >= 0.6 is 0 Å². The number of hydrogen-bond donors (Lipinski definition) is 0. The zero-order chi connectivity index (χ0) is 9.23. The quantitative estimate of drug-likeness (QED) is 0.419. The fraction of sp³-hybridized carbons (Fsp3) is 0.500. The molecule has 0 radical (unpaired) electrons. The van der Waals surface area contributed by atoms with E-state index in [0.717, 1.165) is 19.3 Å². The monoisotopic (exact) mass is 167 g/mol. The van der Waals surface area contributed by atoms with Crippen molar-refractivity contribution in [2.45, 2.75) is 19.8 Å². The van der Waals surface area contributed by atoms with Crippen LogP contribution in [0, 0.1) is 0 Å². The van der Waals surface area contributed by atoms with E-state index in [2.05, 4.69) is 19.6 Å². The number of nitrogens with zero attached hydrogens (tertiary/aromatic N) is 1. The highest BCUT2D eigenvalue weighted by Gasteiger charge is 1.92. The van der Waals surface area contributed by atoms with E-state index in [0.29, 0.717) is 13.1 Å². The first-order valence-electron chi connectivity index (χ1n) is 4.30. The lowest BCUT2D eigenvalue weighted by Crippen LogP contribution is -2.21. The van der Waals surface area contributed by atoms with E-state index >= 15 is 0 Å². The van der Waals surface area contributed by atoms with E-state index in [1.54, 1.807) is 11.0 Å². The molecule has 0 aliphatic heterocycles. The van der Waals surface area contributed by atoms with Crippen molar-refractivity contribution in [1.29, 1.82) is 0 Å². The summed E-state index contributed by atoms with van der Waals surface area (Å²) in [7, 11) is 0. The van der Waals surface area contributed by atoms with E-state index in [1.807, 2.05) is 6.08 Å². The fourth-order valence-corrected chi connectivity index (χ4v) is 0.821. The van der Waals surface area contributed by atoms with Gasteiger partial charge in [-0.25, -0.2) is 0 Å². The van der Waals surface area contributed by atoms with Crippen LogP contribution in [0.4, 0.5) is 0 Å². The Bertz CT molecular complexity index is 152. The summed E-state index contributed by atoms with van der Waals surface area (Å²) in [5.41, 5.74) is 0. The van der Waals surface area contributed by atoms with Crippen LogP contribution in [0.5, 0.6) is 0 Å². The van der Waals surface area contributed by atoms with Gasteiger partial charge in [-0.1, -0.05) is 31.6 Å². The van der Waals surface area contributed by atoms with Crippen molar-refractivity contribution < 1.29 is 4.79 Å². The molecule has 0 fully saturated rings. The Morgan fingerprint density at radius 3 is 2.58 bits per heavy atom. The van der Waals surface area contributed by atoms with Crippen molar-refractivity contribution in [3.8, 4) is 0 Å². The molecular formula is C10H17NO. The second-order valence-corrected chi connectivity index (χ2v) is 2.61. The van der Waals surface area contributed by atoms with Gasteiger partial charge >= 0.3 is 0 Å². The predicted molar refractivity (Wildman–Crippen MR) is 51.9 cm³/mol. The maximum Gasteiger partial charge on any atom is 0.210 e. The molecule has 0 saturated carbocycles. The van der Waals surface area contributed by atoms with Crippen LogP contribution in [0.3, 0.4) is 0 Å². The molecule has 0 saturated heterocycles. The number of hydrogen-bond acceptors (Lipinski definition) is 1. The minimum atomic E-state index is 0.625. The van der Waals surface area contributed by atoms with Crippen molar-refractivity contribution in [3.63, 3.8) is 0 Å². The third-order valence-corrected chi connectivity index (χ3v) is 1.47. The number of allylic oxidation sites excluding steroid dienone is 1. The molecule has 0 spiro atoms. The maximum absolute atomic E-state index is 10.4. The van der Waals surface area contributed by atoms with Crippen LogP contribution in [0.2, 0.25) is 0 Å². The van der Waals surface area contributed by atoms with Crippen molar-refractivity contribution in [1.82, 2.24) is 4.90 Å². The molecule has 0 aromatic carbocycles. The normalized spacial score (nSPS) is 10.1. The molecular weight excluding hydrogens is 150 g/mol. The van der Waals surface area contributed by atoms with Crippen LogP contribution in [0.25, 0.3) is 0 Å². The first-order valence-corrected chi connectivity index (χ1v) is 4.30. The van der Waals surface area contributed by atoms with Gasteiger partial charge in [-0.05, 0) is 6.42 Å². The number of carbonyl (C=O) groups is 1. The molecule has 0 rings (SSSR count). The van der Waals surface area contributed by atoms with Crippen molar-refractivity contribution >= 4 is 6.41 Å². The van der Waals surface area contributed by atoms with E-state index in [4.69, 9.17) is 0 Å². The summed E-state index contributed by atoms with van der Waals surface area (Å²) in [6.45, 7) is 7.01. The van der Waals surface area contributed by atoms with Crippen LogP contribution < -0.4 is 0 Å². The highest BCUT2D eigenvalue weighted by atomic mass is 16.1. The first-order chi connectivity index (χ1) is 5.85. The molecule has 0 aromatic rings. The van der Waals surface area contributed by atoms with Gasteiger partial charge in [-0.3, -0.25) is 4.79 Å². The molecule has 0 heterocycles. The van der Waals surface area contributed by atoms with Crippen LogP contribution in [-0.2, 0) is 4.79 Å². The Morgan fingerprint density at radius 2 is 2.08 bits per heavy atom. The largest absolute Gasteiger partial charge is 0.338 e. The summed E-state index contributed by atoms with van der Waals surface area (Å²) in [6, 6.07) is 0. The minimum Gasteiger partial charge on any atom is -0.338 e. The summed E-state index contributed by atoms with van der Waals surface area (Å²) in [6.07, 6.45) is 8.92. The van der Waals surface area contributed by atoms with Gasteiger partial charge in [-0.15, -0.1) is 6.58 Å². The van der Waals surface area contributed by atoms with Crippen LogP contribution in [-0.4, -0.2) is 24.4 Å². The summed E-state index contributed by atoms with van der Waals surface area (Å²) >= 11 is 0. The maximum atomic E-state index is 10.4. The van der Waals surface area contributed by atoms with Gasteiger partial charge in [0, 0.05) is 13.1 Å². The number of amides is 1. The van der Waals surface area contributed by atoms with Gasteiger partial charge in [0.1, 0.15) is 0 Å². The smallest absolute Gasteiger partial charge is 0.210 e. The zero-order valence-corrected chi connectivity index (χ0v) is 7.70. The highest BCUT2D eigenvalue weighted by molar-refractivity contribution is 5.47. The molecule has 1 amide bonds. The fourth-order valence-electron chi connectivity index (χ4n) is 0.821. The van der Waals surface area contributed by atoms with E-state index in [9.17, 15) is 4.79 Å².